The van der Waals surface area contributed by atoms with E-state index in [4.69, 9.17) is 4.98 Å². The van der Waals surface area contributed by atoms with Crippen LogP contribution < -0.4 is 4.90 Å². The highest BCUT2D eigenvalue weighted by Crippen LogP contribution is 2.52. The topological polar surface area (TPSA) is 41.3 Å². The number of aromatic nitrogens is 2. The first-order chi connectivity index (χ1) is 17.8. The molecule has 0 radical (unpaired) electrons. The van der Waals surface area contributed by atoms with Crippen molar-refractivity contribution >= 4 is 39.9 Å². The van der Waals surface area contributed by atoms with Crippen LogP contribution in [0.3, 0.4) is 0 Å². The van der Waals surface area contributed by atoms with Gasteiger partial charge in [-0.2, -0.15) is 0 Å². The van der Waals surface area contributed by atoms with Crippen LogP contribution in [0.2, 0.25) is 0 Å². The summed E-state index contributed by atoms with van der Waals surface area (Å²) in [6.07, 6.45) is 0. The number of imidazole rings is 1. The summed E-state index contributed by atoms with van der Waals surface area (Å²) in [4.78, 5) is 9.63. The van der Waals surface area contributed by atoms with Crippen LogP contribution in [0.15, 0.2) is 131 Å². The van der Waals surface area contributed by atoms with Crippen LogP contribution in [-0.2, 0) is 0 Å². The molecular formula is C31H21N3OS. The van der Waals surface area contributed by atoms with Crippen molar-refractivity contribution in [1.82, 2.24) is 9.55 Å². The van der Waals surface area contributed by atoms with Crippen LogP contribution in [-0.4, -0.2) is 14.7 Å². The molecule has 0 bridgehead atoms. The Balaban J connectivity index is 1.47. The molecule has 36 heavy (non-hydrogen) atoms. The van der Waals surface area contributed by atoms with E-state index in [9.17, 15) is 5.11 Å². The molecule has 0 saturated heterocycles. The van der Waals surface area contributed by atoms with E-state index < -0.39 is 0 Å². The molecule has 5 aromatic carbocycles. The van der Waals surface area contributed by atoms with Crippen molar-refractivity contribution in [3.8, 4) is 22.8 Å². The second-order valence-corrected chi connectivity index (χ2v) is 9.75. The first-order valence-electron chi connectivity index (χ1n) is 11.8. The lowest BCUT2D eigenvalue weighted by Crippen LogP contribution is -2.14. The minimum atomic E-state index is 0.194. The van der Waals surface area contributed by atoms with Gasteiger partial charge in [-0.05, 0) is 66.7 Å². The zero-order chi connectivity index (χ0) is 24.1. The van der Waals surface area contributed by atoms with Gasteiger partial charge in [0.2, 0.25) is 0 Å². The predicted octanol–water partition coefficient (Wildman–Crippen LogP) is 8.33. The molecule has 2 heterocycles. The lowest BCUT2D eigenvalue weighted by Gasteiger charge is -2.33. The molecule has 0 spiro atoms. The van der Waals surface area contributed by atoms with Crippen LogP contribution in [0.5, 0.6) is 5.75 Å². The lowest BCUT2D eigenvalue weighted by atomic mass is 10.1. The second-order valence-electron chi connectivity index (χ2n) is 8.67. The summed E-state index contributed by atoms with van der Waals surface area (Å²) in [5.74, 6) is 0.897. The summed E-state index contributed by atoms with van der Waals surface area (Å²) in [5.41, 5.74) is 6.76. The molecule has 0 aliphatic carbocycles. The number of phenolic OH excluding ortho intramolecular Hbond substituents is 1. The molecule has 4 nitrogen and oxygen atoms in total. The Morgan fingerprint density at radius 2 is 1.25 bits per heavy atom. The van der Waals surface area contributed by atoms with Gasteiger partial charge in [-0.15, -0.1) is 0 Å². The minimum absolute atomic E-state index is 0.194. The molecule has 1 N–H and O–H groups in total. The Hall–Kier alpha value is -4.48. The highest BCUT2D eigenvalue weighted by Gasteiger charge is 2.26. The van der Waals surface area contributed by atoms with Crippen molar-refractivity contribution in [3.63, 3.8) is 0 Å². The Bertz CT molecular complexity index is 1700. The van der Waals surface area contributed by atoms with Gasteiger partial charge in [-0.25, -0.2) is 4.98 Å². The third kappa shape index (κ3) is 3.28. The SMILES string of the molecule is Oc1ccc(N2c3ccccc3Sc3ccccc32)cc1-c1nc2ccccc2n1-c1ccccc1. The number of benzene rings is 5. The molecule has 0 atom stereocenters. The first-order valence-corrected chi connectivity index (χ1v) is 12.6. The fraction of sp³-hybridized carbons (Fsp3) is 0. The second kappa shape index (κ2) is 8.33. The predicted molar refractivity (Wildman–Crippen MR) is 147 cm³/mol. The highest BCUT2D eigenvalue weighted by atomic mass is 32.2. The van der Waals surface area contributed by atoms with Crippen LogP contribution in [0.1, 0.15) is 0 Å². The van der Waals surface area contributed by atoms with E-state index in [1.54, 1.807) is 17.8 Å². The molecule has 172 valence electrons. The fourth-order valence-electron chi connectivity index (χ4n) is 4.87. The molecule has 1 aliphatic rings. The summed E-state index contributed by atoms with van der Waals surface area (Å²) in [6, 6.07) is 40.9. The van der Waals surface area contributed by atoms with Crippen molar-refractivity contribution < 1.29 is 5.11 Å². The van der Waals surface area contributed by atoms with E-state index in [-0.39, 0.29) is 5.75 Å². The third-order valence-electron chi connectivity index (χ3n) is 6.49. The molecule has 1 aromatic heterocycles. The maximum absolute atomic E-state index is 11.1. The first kappa shape index (κ1) is 20.9. The third-order valence-corrected chi connectivity index (χ3v) is 7.62. The lowest BCUT2D eigenvalue weighted by molar-refractivity contribution is 0.477. The maximum Gasteiger partial charge on any atom is 0.149 e. The van der Waals surface area contributed by atoms with Crippen molar-refractivity contribution in [2.75, 3.05) is 4.90 Å². The molecule has 5 heteroatoms. The van der Waals surface area contributed by atoms with Crippen molar-refractivity contribution in [3.05, 3.63) is 121 Å². The number of fused-ring (bicyclic) bond motifs is 3. The Kier molecular flexibility index (Phi) is 4.82. The molecule has 0 unspecified atom stereocenters. The van der Waals surface area contributed by atoms with E-state index in [2.05, 4.69) is 76.2 Å². The van der Waals surface area contributed by atoms with Gasteiger partial charge in [0.1, 0.15) is 11.6 Å². The molecule has 0 saturated carbocycles. The Labute approximate surface area is 213 Å². The molecule has 0 amide bonds. The molecule has 0 fully saturated rings. The number of rotatable bonds is 3. The summed E-state index contributed by atoms with van der Waals surface area (Å²) in [7, 11) is 0. The van der Waals surface area contributed by atoms with E-state index in [0.29, 0.717) is 11.4 Å². The van der Waals surface area contributed by atoms with Gasteiger partial charge in [-0.1, -0.05) is 66.4 Å². The van der Waals surface area contributed by atoms with Gasteiger partial charge in [0.25, 0.3) is 0 Å². The maximum atomic E-state index is 11.1. The van der Waals surface area contributed by atoms with Crippen molar-refractivity contribution in [1.29, 1.82) is 0 Å². The van der Waals surface area contributed by atoms with E-state index in [1.807, 2.05) is 48.5 Å². The molecular weight excluding hydrogens is 462 g/mol. The smallest absolute Gasteiger partial charge is 0.149 e. The molecule has 1 aliphatic heterocycles. The normalized spacial score (nSPS) is 12.4. The number of phenols is 1. The van der Waals surface area contributed by atoms with Crippen molar-refractivity contribution in [2.45, 2.75) is 9.79 Å². The van der Waals surface area contributed by atoms with Crippen LogP contribution in [0.25, 0.3) is 28.1 Å². The number of aromatic hydroxyl groups is 1. The van der Waals surface area contributed by atoms with Gasteiger partial charge in [0.15, 0.2) is 0 Å². The average molecular weight is 484 g/mol. The summed E-state index contributed by atoms with van der Waals surface area (Å²) in [6.45, 7) is 0. The highest BCUT2D eigenvalue weighted by molar-refractivity contribution is 7.99. The van der Waals surface area contributed by atoms with E-state index in [0.717, 1.165) is 33.8 Å². The standard InChI is InChI=1S/C31H21N3OS/c35-28-19-18-22(33-26-14-6-8-16-29(26)36-30-17-9-7-15-27(30)33)20-23(28)31-32-24-12-4-5-13-25(24)34(31)21-10-2-1-3-11-21/h1-20,35H. The largest absolute Gasteiger partial charge is 0.507 e. The zero-order valence-corrected chi connectivity index (χ0v) is 20.1. The van der Waals surface area contributed by atoms with E-state index >= 15 is 0 Å². The Morgan fingerprint density at radius 3 is 2.00 bits per heavy atom. The fourth-order valence-corrected chi connectivity index (χ4v) is 5.93. The summed E-state index contributed by atoms with van der Waals surface area (Å²) >= 11 is 1.78. The van der Waals surface area contributed by atoms with Gasteiger partial charge >= 0.3 is 0 Å². The van der Waals surface area contributed by atoms with Gasteiger partial charge in [0, 0.05) is 21.2 Å². The van der Waals surface area contributed by atoms with Crippen LogP contribution >= 0.6 is 11.8 Å². The summed E-state index contributed by atoms with van der Waals surface area (Å²) in [5, 5.41) is 11.1. The number of hydrogen-bond acceptors (Lipinski definition) is 4. The average Bonchev–Trinajstić information content (AvgIpc) is 3.32. The minimum Gasteiger partial charge on any atom is -0.507 e. The molecule has 6 aromatic rings. The van der Waals surface area contributed by atoms with Gasteiger partial charge in [0.05, 0.1) is 28.0 Å². The number of para-hydroxylation sites is 5. The van der Waals surface area contributed by atoms with Crippen LogP contribution in [0, 0.1) is 0 Å². The van der Waals surface area contributed by atoms with Gasteiger partial charge in [-0.3, -0.25) is 4.57 Å². The van der Waals surface area contributed by atoms with E-state index in [1.165, 1.54) is 9.79 Å². The van der Waals surface area contributed by atoms with Gasteiger partial charge < -0.3 is 10.0 Å². The molecule has 7 rings (SSSR count). The van der Waals surface area contributed by atoms with Crippen LogP contribution in [0.4, 0.5) is 17.1 Å². The number of nitrogens with zero attached hydrogens (tertiary/aromatic N) is 3. The van der Waals surface area contributed by atoms with Crippen molar-refractivity contribution in [2.24, 2.45) is 0 Å². The number of hydrogen-bond donors (Lipinski definition) is 1. The zero-order valence-electron chi connectivity index (χ0n) is 19.2. The Morgan fingerprint density at radius 1 is 0.611 bits per heavy atom. The summed E-state index contributed by atoms with van der Waals surface area (Å²) < 4.78 is 2.11. The monoisotopic (exact) mass is 483 g/mol. The number of anilines is 3. The quantitative estimate of drug-likeness (QED) is 0.274.